The van der Waals surface area contributed by atoms with Gasteiger partial charge in [0.25, 0.3) is 0 Å². The van der Waals surface area contributed by atoms with Crippen LogP contribution in [0.5, 0.6) is 0 Å². The number of halogens is 1. The highest BCUT2D eigenvalue weighted by molar-refractivity contribution is 6.30. The van der Waals surface area contributed by atoms with Gasteiger partial charge in [-0.2, -0.15) is 0 Å². The second-order valence-electron chi connectivity index (χ2n) is 7.60. The number of benzene rings is 2. The van der Waals surface area contributed by atoms with E-state index in [-0.39, 0.29) is 5.56 Å². The van der Waals surface area contributed by atoms with Crippen LogP contribution in [0, 0.1) is 5.92 Å². The smallest absolute Gasteiger partial charge is 0.336 e. The van der Waals surface area contributed by atoms with Crippen molar-refractivity contribution in [3.05, 3.63) is 70.7 Å². The van der Waals surface area contributed by atoms with Crippen LogP contribution in [0.2, 0.25) is 5.02 Å². The summed E-state index contributed by atoms with van der Waals surface area (Å²) in [5, 5.41) is 14.3. The number of anilines is 1. The molecule has 6 heteroatoms. The van der Waals surface area contributed by atoms with Crippen molar-refractivity contribution < 1.29 is 9.90 Å². The number of likely N-dealkylation sites (tertiary alicyclic amines) is 1. The number of para-hydroxylation sites is 1. The van der Waals surface area contributed by atoms with Crippen molar-refractivity contribution in [3.8, 4) is 0 Å². The van der Waals surface area contributed by atoms with Crippen LogP contribution in [0.4, 0.5) is 5.82 Å². The van der Waals surface area contributed by atoms with E-state index in [9.17, 15) is 9.90 Å². The average molecular weight is 410 g/mol. The van der Waals surface area contributed by atoms with Gasteiger partial charge in [-0.3, -0.25) is 4.90 Å². The summed E-state index contributed by atoms with van der Waals surface area (Å²) in [4.78, 5) is 18.7. The normalized spacial score (nSPS) is 15.5. The Morgan fingerprint density at radius 3 is 2.59 bits per heavy atom. The van der Waals surface area contributed by atoms with Crippen molar-refractivity contribution in [1.82, 2.24) is 9.88 Å². The molecule has 5 nitrogen and oxygen atoms in total. The van der Waals surface area contributed by atoms with Gasteiger partial charge in [-0.05, 0) is 61.7 Å². The maximum Gasteiger partial charge on any atom is 0.336 e. The highest BCUT2D eigenvalue weighted by Crippen LogP contribution is 2.23. The minimum Gasteiger partial charge on any atom is -0.478 e. The first-order valence-electron chi connectivity index (χ1n) is 9.92. The van der Waals surface area contributed by atoms with Gasteiger partial charge in [-0.25, -0.2) is 9.78 Å². The fourth-order valence-corrected chi connectivity index (χ4v) is 4.01. The molecule has 0 saturated carbocycles. The predicted octanol–water partition coefficient (Wildman–Crippen LogP) is 4.91. The van der Waals surface area contributed by atoms with E-state index in [0.717, 1.165) is 44.0 Å². The van der Waals surface area contributed by atoms with E-state index < -0.39 is 5.97 Å². The van der Waals surface area contributed by atoms with Crippen LogP contribution in [0.25, 0.3) is 10.9 Å². The third kappa shape index (κ3) is 4.86. The highest BCUT2D eigenvalue weighted by atomic mass is 35.5. The molecule has 1 fully saturated rings. The maximum atomic E-state index is 11.6. The van der Waals surface area contributed by atoms with E-state index in [4.69, 9.17) is 11.6 Å². The van der Waals surface area contributed by atoms with Gasteiger partial charge in [0.15, 0.2) is 0 Å². The molecule has 1 saturated heterocycles. The molecule has 1 aliphatic rings. The summed E-state index contributed by atoms with van der Waals surface area (Å²) in [6.07, 6.45) is 2.22. The van der Waals surface area contributed by atoms with Crippen molar-refractivity contribution in [2.45, 2.75) is 19.4 Å². The number of aromatic nitrogens is 1. The molecule has 0 aliphatic carbocycles. The molecule has 2 aromatic carbocycles. The number of fused-ring (bicyclic) bond motifs is 1. The van der Waals surface area contributed by atoms with E-state index >= 15 is 0 Å². The molecular formula is C23H24ClN3O2. The topological polar surface area (TPSA) is 65.5 Å². The summed E-state index contributed by atoms with van der Waals surface area (Å²) < 4.78 is 0. The number of rotatable bonds is 6. The third-order valence-electron chi connectivity index (χ3n) is 5.55. The molecule has 29 heavy (non-hydrogen) atoms. The van der Waals surface area contributed by atoms with E-state index in [1.807, 2.05) is 30.3 Å². The van der Waals surface area contributed by atoms with Crippen molar-refractivity contribution >= 4 is 34.3 Å². The largest absolute Gasteiger partial charge is 0.478 e. The summed E-state index contributed by atoms with van der Waals surface area (Å²) in [6.45, 7) is 3.87. The SMILES string of the molecule is O=C(O)c1cc(NCC2CCN(Cc3ccc(Cl)cc3)CC2)nc2ccccc12. The molecule has 1 aromatic heterocycles. The zero-order valence-corrected chi connectivity index (χ0v) is 16.9. The van der Waals surface area contributed by atoms with Crippen molar-refractivity contribution in [2.24, 2.45) is 5.92 Å². The fraction of sp³-hybridized carbons (Fsp3) is 0.304. The molecule has 0 bridgehead atoms. The first-order chi connectivity index (χ1) is 14.1. The Morgan fingerprint density at radius 2 is 1.86 bits per heavy atom. The molecule has 2 N–H and O–H groups in total. The Bertz CT molecular complexity index is 999. The third-order valence-corrected chi connectivity index (χ3v) is 5.80. The minimum absolute atomic E-state index is 0.288. The van der Waals surface area contributed by atoms with Gasteiger partial charge >= 0.3 is 5.97 Å². The monoisotopic (exact) mass is 409 g/mol. The van der Waals surface area contributed by atoms with Gasteiger partial charge in [0.2, 0.25) is 0 Å². The first-order valence-corrected chi connectivity index (χ1v) is 10.3. The number of hydrogen-bond donors (Lipinski definition) is 2. The lowest BCUT2D eigenvalue weighted by molar-refractivity contribution is 0.0699. The number of piperidine rings is 1. The van der Waals surface area contributed by atoms with Gasteiger partial charge in [0.05, 0.1) is 11.1 Å². The number of nitrogens with one attached hydrogen (secondary N) is 1. The molecule has 0 radical (unpaired) electrons. The van der Waals surface area contributed by atoms with E-state index in [1.165, 1.54) is 5.56 Å². The number of hydrogen-bond acceptors (Lipinski definition) is 4. The summed E-state index contributed by atoms with van der Waals surface area (Å²) in [7, 11) is 0. The summed E-state index contributed by atoms with van der Waals surface area (Å²) in [6, 6.07) is 17.0. The lowest BCUT2D eigenvalue weighted by atomic mass is 9.96. The van der Waals surface area contributed by atoms with Crippen LogP contribution in [-0.4, -0.2) is 40.6 Å². The first kappa shape index (κ1) is 19.7. The predicted molar refractivity (Wildman–Crippen MR) is 117 cm³/mol. The Kier molecular flexibility index (Phi) is 5.97. The Hall–Kier alpha value is -2.63. The summed E-state index contributed by atoms with van der Waals surface area (Å²) in [5.74, 6) is 0.255. The average Bonchev–Trinajstić information content (AvgIpc) is 2.74. The van der Waals surface area contributed by atoms with Gasteiger partial charge in [-0.1, -0.05) is 41.9 Å². The molecule has 0 unspecified atom stereocenters. The molecule has 2 heterocycles. The quantitative estimate of drug-likeness (QED) is 0.605. The standard InChI is InChI=1S/C23H24ClN3O2/c24-18-7-5-17(6-8-18)15-27-11-9-16(10-12-27)14-25-22-13-20(23(28)29)19-3-1-2-4-21(19)26-22/h1-8,13,16H,9-12,14-15H2,(H,25,26)(H,28,29). The van der Waals surface area contributed by atoms with Crippen LogP contribution in [0.15, 0.2) is 54.6 Å². The van der Waals surface area contributed by atoms with Crippen LogP contribution >= 0.6 is 11.6 Å². The van der Waals surface area contributed by atoms with Gasteiger partial charge in [0, 0.05) is 23.5 Å². The molecule has 3 aromatic rings. The second-order valence-corrected chi connectivity index (χ2v) is 8.04. The van der Waals surface area contributed by atoms with Crippen LogP contribution in [0.1, 0.15) is 28.8 Å². The molecule has 0 atom stereocenters. The van der Waals surface area contributed by atoms with E-state index in [1.54, 1.807) is 12.1 Å². The molecular weight excluding hydrogens is 386 g/mol. The number of carboxylic acids is 1. The van der Waals surface area contributed by atoms with Crippen molar-refractivity contribution in [3.63, 3.8) is 0 Å². The number of carboxylic acid groups (broad SMARTS) is 1. The molecule has 1 aliphatic heterocycles. The van der Waals surface area contributed by atoms with E-state index in [0.29, 0.717) is 22.6 Å². The lowest BCUT2D eigenvalue weighted by Crippen LogP contribution is -2.35. The number of aromatic carboxylic acids is 1. The van der Waals surface area contributed by atoms with Crippen LogP contribution in [-0.2, 0) is 6.54 Å². The lowest BCUT2D eigenvalue weighted by Gasteiger charge is -2.32. The van der Waals surface area contributed by atoms with Crippen molar-refractivity contribution in [1.29, 1.82) is 0 Å². The van der Waals surface area contributed by atoms with Gasteiger partial charge in [0.1, 0.15) is 5.82 Å². The van der Waals surface area contributed by atoms with Crippen LogP contribution < -0.4 is 5.32 Å². The Labute approximate surface area is 175 Å². The molecule has 150 valence electrons. The minimum atomic E-state index is -0.929. The zero-order chi connectivity index (χ0) is 20.2. The number of nitrogens with zero attached hydrogens (tertiary/aromatic N) is 2. The second kappa shape index (κ2) is 8.80. The highest BCUT2D eigenvalue weighted by Gasteiger charge is 2.20. The number of pyridine rings is 1. The van der Waals surface area contributed by atoms with Gasteiger partial charge < -0.3 is 10.4 Å². The van der Waals surface area contributed by atoms with E-state index in [2.05, 4.69) is 27.3 Å². The Morgan fingerprint density at radius 1 is 1.14 bits per heavy atom. The maximum absolute atomic E-state index is 11.6. The summed E-state index contributed by atoms with van der Waals surface area (Å²) >= 11 is 5.96. The summed E-state index contributed by atoms with van der Waals surface area (Å²) in [5.41, 5.74) is 2.27. The van der Waals surface area contributed by atoms with Gasteiger partial charge in [-0.15, -0.1) is 0 Å². The number of carbonyl (C=O) groups is 1. The van der Waals surface area contributed by atoms with Crippen LogP contribution in [0.3, 0.4) is 0 Å². The molecule has 0 amide bonds. The van der Waals surface area contributed by atoms with Crippen molar-refractivity contribution in [2.75, 3.05) is 25.0 Å². The fourth-order valence-electron chi connectivity index (χ4n) is 3.89. The molecule has 4 rings (SSSR count). The Balaban J connectivity index is 1.33. The molecule has 0 spiro atoms. The zero-order valence-electron chi connectivity index (χ0n) is 16.1.